The zero-order chi connectivity index (χ0) is 19.1. The lowest BCUT2D eigenvalue weighted by Crippen LogP contribution is -2.17. The van der Waals surface area contributed by atoms with Crippen LogP contribution >= 0.6 is 27.7 Å². The molecule has 0 aromatic heterocycles. The quantitative estimate of drug-likeness (QED) is 0.490. The third-order valence-corrected chi connectivity index (χ3v) is 5.43. The molecule has 0 fully saturated rings. The van der Waals surface area contributed by atoms with Gasteiger partial charge in [-0.05, 0) is 29.8 Å². The molecule has 1 N–H and O–H groups in total. The summed E-state index contributed by atoms with van der Waals surface area (Å²) in [6, 6.07) is 24.2. The van der Waals surface area contributed by atoms with Crippen LogP contribution in [0.25, 0.3) is 0 Å². The van der Waals surface area contributed by atoms with E-state index in [9.17, 15) is 9.59 Å². The van der Waals surface area contributed by atoms with Crippen molar-refractivity contribution in [1.29, 1.82) is 0 Å². The van der Waals surface area contributed by atoms with E-state index in [1.807, 2.05) is 48.5 Å². The third-order valence-electron chi connectivity index (χ3n) is 3.90. The predicted octanol–water partition coefficient (Wildman–Crippen LogP) is 5.55. The Bertz CT molecular complexity index is 927. The maximum Gasteiger partial charge on any atom is 0.234 e. The number of rotatable bonds is 7. The fourth-order valence-electron chi connectivity index (χ4n) is 2.56. The molecule has 0 aliphatic heterocycles. The molecule has 3 aromatic rings. The molecule has 1 amide bonds. The second-order valence-electron chi connectivity index (χ2n) is 5.91. The molecule has 0 saturated heterocycles. The van der Waals surface area contributed by atoms with E-state index in [1.54, 1.807) is 30.3 Å². The average molecular weight is 440 g/mol. The molecule has 27 heavy (non-hydrogen) atoms. The molecule has 0 aliphatic carbocycles. The molecule has 5 heteroatoms. The number of ketones is 1. The number of hydrogen-bond donors (Lipinski definition) is 1. The summed E-state index contributed by atoms with van der Waals surface area (Å²) in [6.45, 7) is 0. The molecule has 0 heterocycles. The lowest BCUT2D eigenvalue weighted by molar-refractivity contribution is -0.113. The fraction of sp³-hybridized carbons (Fsp3) is 0.0909. The highest BCUT2D eigenvalue weighted by Crippen LogP contribution is 2.20. The number of thioether (sulfide) groups is 1. The average Bonchev–Trinajstić information content (AvgIpc) is 2.70. The van der Waals surface area contributed by atoms with Gasteiger partial charge in [0.2, 0.25) is 5.91 Å². The summed E-state index contributed by atoms with van der Waals surface area (Å²) >= 11 is 4.95. The number of carbonyl (C=O) groups is 2. The maximum absolute atomic E-state index is 12.7. The minimum atomic E-state index is -0.120. The fourth-order valence-corrected chi connectivity index (χ4v) is 3.62. The first-order chi connectivity index (χ1) is 13.1. The Morgan fingerprint density at radius 1 is 0.852 bits per heavy atom. The largest absolute Gasteiger partial charge is 0.325 e. The van der Waals surface area contributed by atoms with E-state index in [0.29, 0.717) is 22.6 Å². The highest BCUT2D eigenvalue weighted by Gasteiger charge is 2.14. The van der Waals surface area contributed by atoms with Crippen molar-refractivity contribution in [1.82, 2.24) is 0 Å². The second kappa shape index (κ2) is 9.53. The van der Waals surface area contributed by atoms with Crippen LogP contribution in [0.2, 0.25) is 0 Å². The Labute approximate surface area is 171 Å². The monoisotopic (exact) mass is 439 g/mol. The van der Waals surface area contributed by atoms with Gasteiger partial charge in [0.1, 0.15) is 0 Å². The van der Waals surface area contributed by atoms with Gasteiger partial charge in [-0.2, -0.15) is 0 Å². The van der Waals surface area contributed by atoms with Gasteiger partial charge in [0.05, 0.1) is 11.4 Å². The van der Waals surface area contributed by atoms with E-state index in [-0.39, 0.29) is 11.7 Å². The molecule has 0 saturated carbocycles. The number of anilines is 1. The minimum Gasteiger partial charge on any atom is -0.325 e. The molecule has 0 unspecified atom stereocenters. The van der Waals surface area contributed by atoms with Gasteiger partial charge in [-0.3, -0.25) is 9.59 Å². The number of benzene rings is 3. The van der Waals surface area contributed by atoms with Crippen molar-refractivity contribution in [2.75, 3.05) is 11.1 Å². The minimum absolute atomic E-state index is 0.103. The van der Waals surface area contributed by atoms with Crippen LogP contribution in [0, 0.1) is 0 Å². The lowest BCUT2D eigenvalue weighted by Gasteiger charge is -2.10. The summed E-state index contributed by atoms with van der Waals surface area (Å²) in [5, 5.41) is 2.87. The maximum atomic E-state index is 12.7. The highest BCUT2D eigenvalue weighted by atomic mass is 79.9. The highest BCUT2D eigenvalue weighted by molar-refractivity contribution is 9.10. The summed E-state index contributed by atoms with van der Waals surface area (Å²) < 4.78 is 1.04. The van der Waals surface area contributed by atoms with Crippen LogP contribution in [0.1, 0.15) is 21.5 Å². The number of para-hydroxylation sites is 1. The van der Waals surface area contributed by atoms with E-state index >= 15 is 0 Å². The van der Waals surface area contributed by atoms with Crippen LogP contribution in [0.3, 0.4) is 0 Å². The van der Waals surface area contributed by atoms with Crippen LogP contribution < -0.4 is 5.32 Å². The van der Waals surface area contributed by atoms with Gasteiger partial charge in [-0.25, -0.2) is 0 Å². The number of nitrogens with one attached hydrogen (secondary N) is 1. The number of carbonyl (C=O) groups excluding carboxylic acids is 2. The van der Waals surface area contributed by atoms with Crippen molar-refractivity contribution in [3.8, 4) is 0 Å². The zero-order valence-electron chi connectivity index (χ0n) is 14.5. The van der Waals surface area contributed by atoms with Gasteiger partial charge >= 0.3 is 0 Å². The topological polar surface area (TPSA) is 46.2 Å². The molecule has 0 atom stereocenters. The molecule has 0 radical (unpaired) electrons. The van der Waals surface area contributed by atoms with Crippen LogP contribution in [-0.4, -0.2) is 17.4 Å². The summed E-state index contributed by atoms with van der Waals surface area (Å²) in [4.78, 5) is 25.0. The van der Waals surface area contributed by atoms with Crippen LogP contribution in [-0.2, 0) is 10.5 Å². The molecule has 3 rings (SSSR count). The smallest absolute Gasteiger partial charge is 0.234 e. The molecular formula is C22H18BrNO2S. The van der Waals surface area contributed by atoms with Crippen molar-refractivity contribution in [2.24, 2.45) is 0 Å². The van der Waals surface area contributed by atoms with E-state index in [1.165, 1.54) is 11.8 Å². The Kier molecular flexibility index (Phi) is 6.85. The van der Waals surface area contributed by atoms with Gasteiger partial charge in [-0.1, -0.05) is 70.5 Å². The number of halogens is 1. The Hall–Kier alpha value is -2.37. The number of amides is 1. The number of hydrogen-bond acceptors (Lipinski definition) is 3. The SMILES string of the molecule is O=C(CSCc1ccc(Br)cc1)Nc1ccccc1C(=O)c1ccccc1. The Morgan fingerprint density at radius 2 is 1.52 bits per heavy atom. The zero-order valence-corrected chi connectivity index (χ0v) is 16.9. The lowest BCUT2D eigenvalue weighted by atomic mass is 10.0. The first-order valence-corrected chi connectivity index (χ1v) is 10.4. The van der Waals surface area contributed by atoms with E-state index in [0.717, 1.165) is 15.8 Å². The van der Waals surface area contributed by atoms with Gasteiger partial charge in [0.15, 0.2) is 5.78 Å². The molecule has 0 aliphatic rings. The van der Waals surface area contributed by atoms with Crippen LogP contribution in [0.15, 0.2) is 83.3 Å². The van der Waals surface area contributed by atoms with Crippen LogP contribution in [0.4, 0.5) is 5.69 Å². The van der Waals surface area contributed by atoms with E-state index in [2.05, 4.69) is 21.2 Å². The van der Waals surface area contributed by atoms with E-state index in [4.69, 9.17) is 0 Å². The van der Waals surface area contributed by atoms with Crippen molar-refractivity contribution in [2.45, 2.75) is 5.75 Å². The molecule has 3 aromatic carbocycles. The van der Waals surface area contributed by atoms with Crippen molar-refractivity contribution >= 4 is 45.1 Å². The van der Waals surface area contributed by atoms with Crippen molar-refractivity contribution in [3.63, 3.8) is 0 Å². The Balaban J connectivity index is 1.61. The standard InChI is InChI=1S/C22H18BrNO2S/c23-18-12-10-16(11-13-18)14-27-15-21(25)24-20-9-5-4-8-19(20)22(26)17-6-2-1-3-7-17/h1-13H,14-15H2,(H,24,25). The summed E-state index contributed by atoms with van der Waals surface area (Å²) in [6.07, 6.45) is 0. The molecule has 136 valence electrons. The molecule has 0 spiro atoms. The third kappa shape index (κ3) is 5.55. The van der Waals surface area contributed by atoms with Gasteiger partial charge in [0, 0.05) is 21.4 Å². The predicted molar refractivity (Wildman–Crippen MR) is 115 cm³/mol. The summed E-state index contributed by atoms with van der Waals surface area (Å²) in [5.41, 5.74) is 2.80. The van der Waals surface area contributed by atoms with Gasteiger partial charge in [-0.15, -0.1) is 11.8 Å². The van der Waals surface area contributed by atoms with Crippen molar-refractivity contribution < 1.29 is 9.59 Å². The summed E-state index contributed by atoms with van der Waals surface area (Å²) in [5.74, 6) is 0.856. The van der Waals surface area contributed by atoms with Crippen molar-refractivity contribution in [3.05, 3.63) is 100 Å². The van der Waals surface area contributed by atoms with Gasteiger partial charge in [0.25, 0.3) is 0 Å². The first-order valence-electron chi connectivity index (χ1n) is 8.44. The molecule has 0 bridgehead atoms. The normalized spacial score (nSPS) is 10.4. The first kappa shape index (κ1) is 19.4. The van der Waals surface area contributed by atoms with Crippen LogP contribution in [0.5, 0.6) is 0 Å². The van der Waals surface area contributed by atoms with Gasteiger partial charge < -0.3 is 5.32 Å². The Morgan fingerprint density at radius 3 is 2.26 bits per heavy atom. The van der Waals surface area contributed by atoms with E-state index < -0.39 is 0 Å². The second-order valence-corrected chi connectivity index (χ2v) is 7.81. The molecule has 3 nitrogen and oxygen atoms in total. The molecular weight excluding hydrogens is 422 g/mol. The summed E-state index contributed by atoms with van der Waals surface area (Å²) in [7, 11) is 0.